The summed E-state index contributed by atoms with van der Waals surface area (Å²) in [6.07, 6.45) is 30.7. The van der Waals surface area contributed by atoms with E-state index in [-0.39, 0.29) is 13.0 Å². The van der Waals surface area contributed by atoms with Crippen molar-refractivity contribution in [3.63, 3.8) is 0 Å². The van der Waals surface area contributed by atoms with Gasteiger partial charge in [-0.2, -0.15) is 0 Å². The summed E-state index contributed by atoms with van der Waals surface area (Å²) in [6.45, 7) is 3.66. The van der Waals surface area contributed by atoms with Gasteiger partial charge >= 0.3 is 19.8 Å². The molecule has 0 rings (SSSR count). The molecule has 0 aromatic carbocycles. The van der Waals surface area contributed by atoms with Crippen LogP contribution in [0, 0.1) is 0 Å². The highest BCUT2D eigenvalue weighted by atomic mass is 31.2. The first kappa shape index (κ1) is 43.2. The number of hydrogen-bond acceptors (Lipinski definition) is 8. The second-order valence-corrected chi connectivity index (χ2v) is 12.7. The number of allylic oxidation sites excluding steroid dienone is 6. The fourth-order valence-electron chi connectivity index (χ4n) is 4.26. The van der Waals surface area contributed by atoms with Crippen molar-refractivity contribution in [3.05, 3.63) is 36.5 Å². The molecule has 0 radical (unpaired) electrons. The molecule has 3 unspecified atom stereocenters. The SMILES string of the molecule is CC/C=C\C/C=C\C/C=C\CCCCCCOCC(COP(=O)(O)OCC(N)C(=O)O)OC(=O)CCCCCCCCCCC. The normalized spacial score (nSPS) is 14.8. The van der Waals surface area contributed by atoms with E-state index in [4.69, 9.17) is 24.8 Å². The summed E-state index contributed by atoms with van der Waals surface area (Å²) in [6, 6.07) is -1.47. The number of phosphoric ester groups is 1. The number of esters is 1. The third-order valence-corrected chi connectivity index (χ3v) is 7.88. The maximum Gasteiger partial charge on any atom is 0.472 e. The summed E-state index contributed by atoms with van der Waals surface area (Å²) < 4.78 is 33.0. The topological polar surface area (TPSA) is 155 Å². The number of carboxylic acids is 1. The van der Waals surface area contributed by atoms with E-state index in [9.17, 15) is 19.0 Å². The van der Waals surface area contributed by atoms with Crippen LogP contribution in [-0.4, -0.2) is 60.5 Å². The molecular weight excluding hydrogens is 597 g/mol. The predicted octanol–water partition coefficient (Wildman–Crippen LogP) is 8.19. The molecule has 0 aromatic heterocycles. The Balaban J connectivity index is 4.39. The van der Waals surface area contributed by atoms with Gasteiger partial charge < -0.3 is 25.2 Å². The summed E-state index contributed by atoms with van der Waals surface area (Å²) >= 11 is 0. The van der Waals surface area contributed by atoms with Crippen molar-refractivity contribution in [2.45, 2.75) is 142 Å². The maximum atomic E-state index is 12.5. The minimum absolute atomic E-state index is 0.00261. The molecule has 4 N–H and O–H groups in total. The maximum absolute atomic E-state index is 12.5. The van der Waals surface area contributed by atoms with E-state index in [2.05, 4.69) is 54.8 Å². The number of hydrogen-bond donors (Lipinski definition) is 3. The molecule has 3 atom stereocenters. The Morgan fingerprint density at radius 2 is 1.29 bits per heavy atom. The smallest absolute Gasteiger partial charge is 0.472 e. The third-order valence-electron chi connectivity index (χ3n) is 6.93. The lowest BCUT2D eigenvalue weighted by Crippen LogP contribution is -2.34. The highest BCUT2D eigenvalue weighted by Crippen LogP contribution is 2.43. The Hall–Kier alpha value is -1.81. The fraction of sp³-hybridized carbons (Fsp3) is 0.765. The lowest BCUT2D eigenvalue weighted by Gasteiger charge is -2.20. The van der Waals surface area contributed by atoms with Crippen molar-refractivity contribution < 1.29 is 42.7 Å². The van der Waals surface area contributed by atoms with Gasteiger partial charge in [-0.1, -0.05) is 115 Å². The van der Waals surface area contributed by atoms with Gasteiger partial charge in [0.05, 0.1) is 19.8 Å². The summed E-state index contributed by atoms with van der Waals surface area (Å²) in [4.78, 5) is 33.2. The molecule has 0 bridgehead atoms. The number of carboxylic acid groups (broad SMARTS) is 1. The Kier molecular flexibility index (Phi) is 29.6. The molecule has 0 spiro atoms. The monoisotopic (exact) mass is 659 g/mol. The molecule has 0 aliphatic rings. The zero-order valence-corrected chi connectivity index (χ0v) is 28.8. The number of unbranched alkanes of at least 4 members (excludes halogenated alkanes) is 12. The van der Waals surface area contributed by atoms with E-state index < -0.39 is 45.1 Å². The van der Waals surface area contributed by atoms with Crippen molar-refractivity contribution in [1.29, 1.82) is 0 Å². The molecule has 0 amide bonds. The number of rotatable bonds is 32. The van der Waals surface area contributed by atoms with Crippen LogP contribution in [-0.2, 0) is 32.7 Å². The number of nitrogens with two attached hydrogens (primary N) is 1. The summed E-state index contributed by atoms with van der Waals surface area (Å²) in [7, 11) is -4.61. The number of ether oxygens (including phenoxy) is 2. The van der Waals surface area contributed by atoms with Gasteiger partial charge in [0.25, 0.3) is 0 Å². The summed E-state index contributed by atoms with van der Waals surface area (Å²) in [5.74, 6) is -1.80. The largest absolute Gasteiger partial charge is 0.480 e. The molecule has 45 heavy (non-hydrogen) atoms. The van der Waals surface area contributed by atoms with Crippen LogP contribution in [0.5, 0.6) is 0 Å². The third kappa shape index (κ3) is 30.6. The van der Waals surface area contributed by atoms with Gasteiger partial charge in [0.1, 0.15) is 12.1 Å². The fourth-order valence-corrected chi connectivity index (χ4v) is 5.04. The highest BCUT2D eigenvalue weighted by Gasteiger charge is 2.27. The molecule has 0 saturated heterocycles. The molecule has 0 aliphatic heterocycles. The van der Waals surface area contributed by atoms with E-state index in [1.165, 1.54) is 32.1 Å². The Labute approximate surface area is 272 Å². The lowest BCUT2D eigenvalue weighted by molar-refractivity contribution is -0.154. The average Bonchev–Trinajstić information content (AvgIpc) is 3.01. The van der Waals surface area contributed by atoms with Crippen LogP contribution in [0.2, 0.25) is 0 Å². The van der Waals surface area contributed by atoms with Crippen LogP contribution in [0.1, 0.15) is 129 Å². The van der Waals surface area contributed by atoms with Crippen molar-refractivity contribution in [1.82, 2.24) is 0 Å². The second-order valence-electron chi connectivity index (χ2n) is 11.3. The molecule has 10 nitrogen and oxygen atoms in total. The number of carbonyl (C=O) groups is 2. The van der Waals surface area contributed by atoms with E-state index in [1.54, 1.807) is 0 Å². The molecular formula is C34H62NO9P. The van der Waals surface area contributed by atoms with Gasteiger partial charge in [-0.3, -0.25) is 18.6 Å². The van der Waals surface area contributed by atoms with Gasteiger partial charge in [0, 0.05) is 13.0 Å². The van der Waals surface area contributed by atoms with E-state index >= 15 is 0 Å². The zero-order chi connectivity index (χ0) is 33.4. The number of carbonyl (C=O) groups excluding carboxylic acids is 1. The minimum Gasteiger partial charge on any atom is -0.480 e. The zero-order valence-electron chi connectivity index (χ0n) is 28.0. The molecule has 0 fully saturated rings. The van der Waals surface area contributed by atoms with E-state index in [0.717, 1.165) is 70.6 Å². The molecule has 262 valence electrons. The van der Waals surface area contributed by atoms with Gasteiger partial charge in [0.15, 0.2) is 0 Å². The highest BCUT2D eigenvalue weighted by molar-refractivity contribution is 7.47. The van der Waals surface area contributed by atoms with E-state index in [0.29, 0.717) is 13.0 Å². The van der Waals surface area contributed by atoms with Crippen LogP contribution >= 0.6 is 7.82 Å². The average molecular weight is 660 g/mol. The molecule has 0 aliphatic carbocycles. The Morgan fingerprint density at radius 3 is 1.93 bits per heavy atom. The van der Waals surface area contributed by atoms with Gasteiger partial charge in [0.2, 0.25) is 0 Å². The first-order valence-electron chi connectivity index (χ1n) is 17.0. The summed E-state index contributed by atoms with van der Waals surface area (Å²) in [5.41, 5.74) is 5.31. The quantitative estimate of drug-likeness (QED) is 0.0279. The minimum atomic E-state index is -4.61. The number of phosphoric acid groups is 1. The van der Waals surface area contributed by atoms with Crippen LogP contribution in [0.4, 0.5) is 0 Å². The Morgan fingerprint density at radius 1 is 0.733 bits per heavy atom. The van der Waals surface area contributed by atoms with Crippen molar-refractivity contribution in [3.8, 4) is 0 Å². The lowest BCUT2D eigenvalue weighted by atomic mass is 10.1. The molecule has 0 saturated carbocycles. The number of aliphatic carboxylic acids is 1. The van der Waals surface area contributed by atoms with Crippen molar-refractivity contribution >= 4 is 19.8 Å². The van der Waals surface area contributed by atoms with Crippen molar-refractivity contribution in [2.24, 2.45) is 5.73 Å². The van der Waals surface area contributed by atoms with Gasteiger partial charge in [-0.25, -0.2) is 4.57 Å². The van der Waals surface area contributed by atoms with Crippen LogP contribution in [0.3, 0.4) is 0 Å². The summed E-state index contributed by atoms with van der Waals surface area (Å²) in [5, 5.41) is 8.83. The molecule has 0 heterocycles. The standard InChI is InChI=1S/C34H62NO9P/c1-3-5-7-9-11-13-14-15-16-17-19-21-23-25-27-41-28-31(29-42-45(39,40)43-30-32(35)34(37)38)44-33(36)26-24-22-20-18-12-10-8-6-4-2/h5,7,11,13,15-16,31-32H,3-4,6,8-10,12,14,17-30,35H2,1-2H3,(H,37,38)(H,39,40)/b7-5-,13-11-,16-15-. The van der Waals surface area contributed by atoms with Crippen LogP contribution in [0.15, 0.2) is 36.5 Å². The van der Waals surface area contributed by atoms with Crippen molar-refractivity contribution in [2.75, 3.05) is 26.4 Å². The van der Waals surface area contributed by atoms with Crippen LogP contribution < -0.4 is 5.73 Å². The van der Waals surface area contributed by atoms with E-state index in [1.807, 2.05) is 0 Å². The van der Waals surface area contributed by atoms with Crippen LogP contribution in [0.25, 0.3) is 0 Å². The predicted molar refractivity (Wildman–Crippen MR) is 180 cm³/mol. The molecule has 0 aromatic rings. The first-order chi connectivity index (χ1) is 21.7. The first-order valence-corrected chi connectivity index (χ1v) is 18.5. The molecule has 11 heteroatoms. The van der Waals surface area contributed by atoms with Gasteiger partial charge in [-0.05, 0) is 44.9 Å². The Bertz CT molecular complexity index is 863. The second kappa shape index (κ2) is 30.8. The van der Waals surface area contributed by atoms with Gasteiger partial charge in [-0.15, -0.1) is 0 Å².